The first-order valence-electron chi connectivity index (χ1n) is 5.62. The van der Waals surface area contributed by atoms with Gasteiger partial charge in [0.2, 0.25) is 0 Å². The monoisotopic (exact) mass is 329 g/mol. The fourth-order valence-corrected chi connectivity index (χ4v) is 2.49. The van der Waals surface area contributed by atoms with E-state index in [4.69, 9.17) is 11.6 Å². The minimum atomic E-state index is -4.98. The predicted octanol–water partition coefficient (Wildman–Crippen LogP) is 2.96. The summed E-state index contributed by atoms with van der Waals surface area (Å²) in [7, 11) is -4.98. The number of benzene rings is 2. The van der Waals surface area contributed by atoms with Gasteiger partial charge in [0, 0.05) is 0 Å². The van der Waals surface area contributed by atoms with Crippen LogP contribution >= 0.6 is 11.6 Å². The summed E-state index contributed by atoms with van der Waals surface area (Å²) in [6, 6.07) is 8.74. The van der Waals surface area contributed by atoms with Gasteiger partial charge in [-0.2, -0.15) is 8.42 Å². The molecule has 0 atom stereocenters. The van der Waals surface area contributed by atoms with Crippen LogP contribution in [0.1, 0.15) is 10.4 Å². The molecule has 0 heterocycles. The van der Waals surface area contributed by atoms with Gasteiger partial charge in [-0.25, -0.2) is 0 Å². The van der Waals surface area contributed by atoms with E-state index in [0.717, 1.165) is 12.1 Å². The molecule has 0 fully saturated rings. The van der Waals surface area contributed by atoms with Gasteiger partial charge in [0.05, 0.1) is 16.3 Å². The molecule has 2 rings (SSSR count). The SMILES string of the molecule is O=C(Nc1ccccc1S(=O)(=O)F)c1cc(O)ccc1Cl. The first-order valence-corrected chi connectivity index (χ1v) is 7.39. The van der Waals surface area contributed by atoms with Crippen molar-refractivity contribution in [2.45, 2.75) is 4.90 Å². The number of nitrogens with one attached hydrogen (secondary N) is 1. The van der Waals surface area contributed by atoms with Gasteiger partial charge in [-0.05, 0) is 30.3 Å². The molecule has 1 amide bonds. The van der Waals surface area contributed by atoms with Crippen LogP contribution in [0.2, 0.25) is 5.02 Å². The standard InChI is InChI=1S/C13H9ClFNO4S/c14-10-6-5-8(17)7-9(10)13(18)16-11-3-1-2-4-12(11)21(15,19)20/h1-7,17H,(H,16,18). The summed E-state index contributed by atoms with van der Waals surface area (Å²) in [5.41, 5.74) is -0.285. The van der Waals surface area contributed by atoms with Crippen molar-refractivity contribution in [3.05, 3.63) is 53.1 Å². The number of halogens is 2. The van der Waals surface area contributed by atoms with Crippen molar-refractivity contribution in [2.75, 3.05) is 5.32 Å². The van der Waals surface area contributed by atoms with Gasteiger partial charge < -0.3 is 10.4 Å². The molecule has 21 heavy (non-hydrogen) atoms. The van der Waals surface area contributed by atoms with E-state index < -0.39 is 21.0 Å². The number of aromatic hydroxyl groups is 1. The Hall–Kier alpha value is -2.12. The molecule has 0 unspecified atom stereocenters. The molecule has 0 aliphatic rings. The van der Waals surface area contributed by atoms with Crippen molar-refractivity contribution in [1.29, 1.82) is 0 Å². The second-order valence-electron chi connectivity index (χ2n) is 4.05. The fraction of sp³-hybridized carbons (Fsp3) is 0. The highest BCUT2D eigenvalue weighted by molar-refractivity contribution is 7.86. The zero-order chi connectivity index (χ0) is 15.6. The first kappa shape index (κ1) is 15.3. The number of hydrogen-bond acceptors (Lipinski definition) is 4. The van der Waals surface area contributed by atoms with Gasteiger partial charge >= 0.3 is 10.2 Å². The number of rotatable bonds is 3. The number of hydrogen-bond donors (Lipinski definition) is 2. The molecular weight excluding hydrogens is 321 g/mol. The van der Waals surface area contributed by atoms with E-state index in [0.29, 0.717) is 0 Å². The Labute approximate surface area is 125 Å². The summed E-state index contributed by atoms with van der Waals surface area (Å²) in [5.74, 6) is -0.956. The minimum absolute atomic E-state index is 0.0610. The fourth-order valence-electron chi connectivity index (χ4n) is 1.66. The van der Waals surface area contributed by atoms with Crippen LogP contribution in [-0.2, 0) is 10.2 Å². The Morgan fingerprint density at radius 3 is 2.52 bits per heavy atom. The van der Waals surface area contributed by atoms with Crippen molar-refractivity contribution in [3.8, 4) is 5.75 Å². The number of carbonyl (C=O) groups excluding carboxylic acids is 1. The van der Waals surface area contributed by atoms with Gasteiger partial charge in [-0.3, -0.25) is 4.79 Å². The van der Waals surface area contributed by atoms with Gasteiger partial charge in [0.25, 0.3) is 5.91 Å². The zero-order valence-electron chi connectivity index (χ0n) is 10.4. The molecule has 2 aromatic rings. The van der Waals surface area contributed by atoms with E-state index in [1.165, 1.54) is 30.3 Å². The Balaban J connectivity index is 2.39. The number of para-hydroxylation sites is 1. The highest BCUT2D eigenvalue weighted by atomic mass is 35.5. The van der Waals surface area contributed by atoms with Crippen molar-refractivity contribution >= 4 is 33.4 Å². The molecule has 110 valence electrons. The smallest absolute Gasteiger partial charge is 0.334 e. The van der Waals surface area contributed by atoms with E-state index in [1.807, 2.05) is 0 Å². The molecule has 0 aromatic heterocycles. The molecule has 0 radical (unpaired) electrons. The van der Waals surface area contributed by atoms with Crippen LogP contribution in [0.25, 0.3) is 0 Å². The minimum Gasteiger partial charge on any atom is -0.508 e. The number of amides is 1. The highest BCUT2D eigenvalue weighted by Crippen LogP contribution is 2.26. The van der Waals surface area contributed by atoms with Gasteiger partial charge in [0.1, 0.15) is 10.6 Å². The summed E-state index contributed by atoms with van der Waals surface area (Å²) in [6.45, 7) is 0. The lowest BCUT2D eigenvalue weighted by Gasteiger charge is -2.09. The molecule has 0 aliphatic heterocycles. The summed E-state index contributed by atoms with van der Waals surface area (Å²) >= 11 is 5.82. The summed E-state index contributed by atoms with van der Waals surface area (Å²) < 4.78 is 35.2. The second-order valence-corrected chi connectivity index (χ2v) is 5.78. The van der Waals surface area contributed by atoms with Crippen LogP contribution in [-0.4, -0.2) is 19.4 Å². The van der Waals surface area contributed by atoms with E-state index in [2.05, 4.69) is 5.32 Å². The summed E-state index contributed by atoms with van der Waals surface area (Å²) in [6.07, 6.45) is 0. The topological polar surface area (TPSA) is 83.5 Å². The zero-order valence-corrected chi connectivity index (χ0v) is 12.0. The molecule has 8 heteroatoms. The third-order valence-corrected chi connectivity index (χ3v) is 3.80. The quantitative estimate of drug-likeness (QED) is 0.848. The van der Waals surface area contributed by atoms with E-state index in [-0.39, 0.29) is 22.0 Å². The van der Waals surface area contributed by atoms with Crippen LogP contribution in [0.15, 0.2) is 47.4 Å². The average Bonchev–Trinajstić information content (AvgIpc) is 2.41. The number of phenolic OH excluding ortho intramolecular Hbond substituents is 1. The largest absolute Gasteiger partial charge is 0.508 e. The molecule has 0 aliphatic carbocycles. The van der Waals surface area contributed by atoms with Crippen LogP contribution < -0.4 is 5.32 Å². The Bertz CT molecular complexity index is 808. The van der Waals surface area contributed by atoms with E-state index in [9.17, 15) is 22.2 Å². The molecule has 0 saturated carbocycles. The van der Waals surface area contributed by atoms with Crippen LogP contribution in [0.5, 0.6) is 5.75 Å². The lowest BCUT2D eigenvalue weighted by Crippen LogP contribution is -2.14. The lowest BCUT2D eigenvalue weighted by molar-refractivity contribution is 0.102. The molecule has 2 N–H and O–H groups in total. The van der Waals surface area contributed by atoms with Crippen molar-refractivity contribution in [1.82, 2.24) is 0 Å². The predicted molar refractivity (Wildman–Crippen MR) is 75.8 cm³/mol. The summed E-state index contributed by atoms with van der Waals surface area (Å²) in [4.78, 5) is 11.4. The number of carbonyl (C=O) groups is 1. The Kier molecular flexibility index (Phi) is 4.15. The van der Waals surface area contributed by atoms with E-state index in [1.54, 1.807) is 0 Å². The van der Waals surface area contributed by atoms with Crippen molar-refractivity contribution in [3.63, 3.8) is 0 Å². The normalized spacial score (nSPS) is 11.1. The van der Waals surface area contributed by atoms with Crippen LogP contribution in [0.4, 0.5) is 9.57 Å². The molecule has 0 bridgehead atoms. The van der Waals surface area contributed by atoms with Gasteiger partial charge in [-0.15, -0.1) is 3.89 Å². The maximum Gasteiger partial charge on any atom is 0.334 e. The van der Waals surface area contributed by atoms with Crippen molar-refractivity contribution < 1.29 is 22.2 Å². The third kappa shape index (κ3) is 3.50. The summed E-state index contributed by atoms with van der Waals surface area (Å²) in [5, 5.41) is 11.7. The highest BCUT2D eigenvalue weighted by Gasteiger charge is 2.19. The van der Waals surface area contributed by atoms with Crippen molar-refractivity contribution in [2.24, 2.45) is 0 Å². The molecule has 0 spiro atoms. The maximum atomic E-state index is 13.1. The first-order chi connectivity index (χ1) is 9.79. The molecule has 5 nitrogen and oxygen atoms in total. The van der Waals surface area contributed by atoms with Gasteiger partial charge in [-0.1, -0.05) is 23.7 Å². The van der Waals surface area contributed by atoms with Crippen LogP contribution in [0.3, 0.4) is 0 Å². The average molecular weight is 330 g/mol. The van der Waals surface area contributed by atoms with Gasteiger partial charge in [0.15, 0.2) is 0 Å². The molecular formula is C13H9ClFNO4S. The molecule has 0 saturated heterocycles. The molecule has 2 aromatic carbocycles. The number of phenols is 1. The van der Waals surface area contributed by atoms with E-state index >= 15 is 0 Å². The van der Waals surface area contributed by atoms with Crippen LogP contribution in [0, 0.1) is 0 Å². The third-order valence-electron chi connectivity index (χ3n) is 2.59. The Morgan fingerprint density at radius 1 is 1.19 bits per heavy atom. The second kappa shape index (κ2) is 5.71. The lowest BCUT2D eigenvalue weighted by atomic mass is 10.2. The maximum absolute atomic E-state index is 13.1. The Morgan fingerprint density at radius 2 is 1.86 bits per heavy atom. The number of anilines is 1.